The molecule has 0 aliphatic carbocycles. The second kappa shape index (κ2) is 4.17. The summed E-state index contributed by atoms with van der Waals surface area (Å²) in [6.07, 6.45) is 1.47. The van der Waals surface area contributed by atoms with Crippen molar-refractivity contribution in [2.45, 2.75) is 13.8 Å². The van der Waals surface area contributed by atoms with Crippen LogP contribution in [0.25, 0.3) is 5.69 Å². The zero-order valence-electron chi connectivity index (χ0n) is 8.94. The molecular weight excluding hydrogens is 270 g/mol. The van der Waals surface area contributed by atoms with Gasteiger partial charge in [-0.25, -0.2) is 4.68 Å². The van der Waals surface area contributed by atoms with E-state index in [-0.39, 0.29) is 5.78 Å². The highest BCUT2D eigenvalue weighted by molar-refractivity contribution is 9.10. The molecule has 1 aromatic heterocycles. The molecule has 0 aliphatic rings. The van der Waals surface area contributed by atoms with Crippen LogP contribution in [0.15, 0.2) is 28.9 Å². The van der Waals surface area contributed by atoms with Crippen LogP contribution in [0.3, 0.4) is 0 Å². The molecule has 2 rings (SSSR count). The minimum atomic E-state index is -0.0540. The third kappa shape index (κ3) is 1.90. The Morgan fingerprint density at radius 1 is 1.44 bits per heavy atom. The Morgan fingerprint density at radius 2 is 2.19 bits per heavy atom. The molecule has 0 spiro atoms. The van der Waals surface area contributed by atoms with Crippen molar-refractivity contribution in [2.24, 2.45) is 0 Å². The van der Waals surface area contributed by atoms with Crippen LogP contribution >= 0.6 is 15.9 Å². The molecule has 0 N–H and O–H groups in total. The number of nitrogens with zero attached hydrogens (tertiary/aromatic N) is 3. The largest absolute Gasteiger partial charge is 0.293 e. The van der Waals surface area contributed by atoms with E-state index in [2.05, 4.69) is 26.2 Å². The van der Waals surface area contributed by atoms with E-state index in [1.165, 1.54) is 17.8 Å². The summed E-state index contributed by atoms with van der Waals surface area (Å²) in [5.41, 5.74) is 2.43. The van der Waals surface area contributed by atoms with Crippen LogP contribution < -0.4 is 0 Å². The van der Waals surface area contributed by atoms with Gasteiger partial charge in [-0.2, -0.15) is 0 Å². The zero-order chi connectivity index (χ0) is 11.7. The van der Waals surface area contributed by atoms with Crippen molar-refractivity contribution >= 4 is 21.7 Å². The van der Waals surface area contributed by atoms with Crippen molar-refractivity contribution < 1.29 is 4.79 Å². The van der Waals surface area contributed by atoms with Crippen LogP contribution in [0.4, 0.5) is 0 Å². The molecule has 0 saturated heterocycles. The Hall–Kier alpha value is -1.49. The molecule has 0 aliphatic heterocycles. The number of rotatable bonds is 2. The average molecular weight is 280 g/mol. The van der Waals surface area contributed by atoms with Gasteiger partial charge in [-0.05, 0) is 24.6 Å². The summed E-state index contributed by atoms with van der Waals surface area (Å²) in [6.45, 7) is 3.50. The third-order valence-electron chi connectivity index (χ3n) is 2.31. The fourth-order valence-electron chi connectivity index (χ4n) is 1.38. The van der Waals surface area contributed by atoms with Crippen molar-refractivity contribution in [3.8, 4) is 5.69 Å². The quantitative estimate of drug-likeness (QED) is 0.794. The van der Waals surface area contributed by atoms with Gasteiger partial charge in [-0.15, -0.1) is 5.10 Å². The predicted octanol–water partition coefficient (Wildman–Crippen LogP) is 2.54. The lowest BCUT2D eigenvalue weighted by atomic mass is 10.2. The van der Waals surface area contributed by atoms with Gasteiger partial charge in [0.1, 0.15) is 5.69 Å². The topological polar surface area (TPSA) is 47.8 Å². The van der Waals surface area contributed by atoms with E-state index in [1.807, 2.05) is 25.1 Å². The highest BCUT2D eigenvalue weighted by atomic mass is 79.9. The molecule has 2 aromatic rings. The Balaban J connectivity index is 2.54. The molecule has 0 unspecified atom stereocenters. The molecule has 82 valence electrons. The fraction of sp³-hybridized carbons (Fsp3) is 0.182. The van der Waals surface area contributed by atoms with Gasteiger partial charge in [0.15, 0.2) is 5.78 Å². The van der Waals surface area contributed by atoms with E-state index in [9.17, 15) is 4.79 Å². The number of hydrogen-bond donors (Lipinski definition) is 0. The lowest BCUT2D eigenvalue weighted by Crippen LogP contribution is -2.06. The lowest BCUT2D eigenvalue weighted by molar-refractivity contribution is 0.101. The molecule has 1 heterocycles. The second-order valence-electron chi connectivity index (χ2n) is 3.52. The van der Waals surface area contributed by atoms with Crippen LogP contribution in [0.1, 0.15) is 23.0 Å². The number of carbonyl (C=O) groups is 1. The van der Waals surface area contributed by atoms with E-state index in [0.717, 1.165) is 15.7 Å². The first kappa shape index (κ1) is 11.0. The Kier molecular flexibility index (Phi) is 2.87. The smallest absolute Gasteiger partial charge is 0.179 e. The maximum absolute atomic E-state index is 11.3. The summed E-state index contributed by atoms with van der Waals surface area (Å²) in [5.74, 6) is -0.0540. The Morgan fingerprint density at radius 3 is 2.81 bits per heavy atom. The summed E-state index contributed by atoms with van der Waals surface area (Å²) >= 11 is 3.45. The molecule has 5 heteroatoms. The van der Waals surface area contributed by atoms with E-state index in [4.69, 9.17) is 0 Å². The van der Waals surface area contributed by atoms with E-state index >= 15 is 0 Å². The van der Waals surface area contributed by atoms with Crippen LogP contribution in [-0.4, -0.2) is 20.8 Å². The Bertz CT molecular complexity index is 548. The van der Waals surface area contributed by atoms with E-state index in [1.54, 1.807) is 0 Å². The minimum Gasteiger partial charge on any atom is -0.293 e. The van der Waals surface area contributed by atoms with Crippen molar-refractivity contribution in [2.75, 3.05) is 0 Å². The zero-order valence-corrected chi connectivity index (χ0v) is 10.5. The second-order valence-corrected chi connectivity index (χ2v) is 4.38. The van der Waals surface area contributed by atoms with Crippen LogP contribution in [0.5, 0.6) is 0 Å². The van der Waals surface area contributed by atoms with Gasteiger partial charge < -0.3 is 0 Å². The molecule has 1 aromatic carbocycles. The maximum atomic E-state index is 11.3. The molecule has 0 bridgehead atoms. The van der Waals surface area contributed by atoms with Crippen molar-refractivity contribution in [1.29, 1.82) is 0 Å². The fourth-order valence-corrected chi connectivity index (χ4v) is 1.75. The van der Waals surface area contributed by atoms with E-state index < -0.39 is 0 Å². The summed E-state index contributed by atoms with van der Waals surface area (Å²) < 4.78 is 2.52. The molecular formula is C11H10BrN3O. The molecule has 16 heavy (non-hydrogen) atoms. The lowest BCUT2D eigenvalue weighted by Gasteiger charge is -2.05. The maximum Gasteiger partial charge on any atom is 0.179 e. The van der Waals surface area contributed by atoms with Crippen LogP contribution in [-0.2, 0) is 0 Å². The summed E-state index contributed by atoms with van der Waals surface area (Å²) in [6, 6.07) is 5.78. The number of halogens is 1. The van der Waals surface area contributed by atoms with Gasteiger partial charge in [0.05, 0.1) is 11.9 Å². The van der Waals surface area contributed by atoms with E-state index in [0.29, 0.717) is 5.69 Å². The minimum absolute atomic E-state index is 0.0540. The number of hydrogen-bond acceptors (Lipinski definition) is 3. The van der Waals surface area contributed by atoms with Gasteiger partial charge in [-0.3, -0.25) is 4.79 Å². The number of carbonyl (C=O) groups excluding carboxylic acids is 1. The number of Topliss-reactive ketones (excluding diaryl/α,β-unsaturated/α-hetero) is 1. The highest BCUT2D eigenvalue weighted by Crippen LogP contribution is 2.20. The van der Waals surface area contributed by atoms with Gasteiger partial charge in [-0.1, -0.05) is 27.2 Å². The van der Waals surface area contributed by atoms with Crippen LogP contribution in [0, 0.1) is 6.92 Å². The first-order chi connectivity index (χ1) is 7.59. The van der Waals surface area contributed by atoms with Crippen LogP contribution in [0.2, 0.25) is 0 Å². The molecule has 0 atom stereocenters. The molecule has 0 radical (unpaired) electrons. The summed E-state index contributed by atoms with van der Waals surface area (Å²) in [5, 5.41) is 7.65. The SMILES string of the molecule is CC(=O)c1cnnn1-c1ccc(C)c(Br)c1. The number of benzene rings is 1. The first-order valence-corrected chi connectivity index (χ1v) is 5.57. The first-order valence-electron chi connectivity index (χ1n) is 4.78. The molecule has 0 amide bonds. The van der Waals surface area contributed by atoms with Crippen molar-refractivity contribution in [3.63, 3.8) is 0 Å². The Labute approximate surface area is 101 Å². The number of aryl methyl sites for hydroxylation is 1. The summed E-state index contributed by atoms with van der Waals surface area (Å²) in [4.78, 5) is 11.3. The average Bonchev–Trinajstić information content (AvgIpc) is 2.71. The van der Waals surface area contributed by atoms with Crippen molar-refractivity contribution in [1.82, 2.24) is 15.0 Å². The monoisotopic (exact) mass is 279 g/mol. The van der Waals surface area contributed by atoms with Gasteiger partial charge in [0.2, 0.25) is 0 Å². The van der Waals surface area contributed by atoms with Gasteiger partial charge in [0, 0.05) is 11.4 Å². The standard InChI is InChI=1S/C11H10BrN3O/c1-7-3-4-9(5-10(7)12)15-11(8(2)16)6-13-14-15/h3-6H,1-2H3. The van der Waals surface area contributed by atoms with Crippen molar-refractivity contribution in [3.05, 3.63) is 40.1 Å². The van der Waals surface area contributed by atoms with Gasteiger partial charge >= 0.3 is 0 Å². The normalized spacial score (nSPS) is 10.4. The summed E-state index contributed by atoms with van der Waals surface area (Å²) in [7, 11) is 0. The third-order valence-corrected chi connectivity index (χ3v) is 3.16. The molecule has 0 fully saturated rings. The van der Waals surface area contributed by atoms with Gasteiger partial charge in [0.25, 0.3) is 0 Å². The predicted molar refractivity (Wildman–Crippen MR) is 63.8 cm³/mol. The number of aromatic nitrogens is 3. The molecule has 0 saturated carbocycles. The molecule has 4 nitrogen and oxygen atoms in total. The highest BCUT2D eigenvalue weighted by Gasteiger charge is 2.10. The number of ketones is 1.